The standard InChI is InChI=1S/C18H20F2N2O4S/c1-12(2)26-16-10-5-4-9-15(16)22(27(3,24)25)11-17(23)21-18-13(19)7-6-8-14(18)20/h4-10,12H,11H2,1-3H3,(H,21,23). The van der Waals surface area contributed by atoms with Crippen LogP contribution in [0.4, 0.5) is 20.2 Å². The molecule has 0 aliphatic heterocycles. The summed E-state index contributed by atoms with van der Waals surface area (Å²) in [6.07, 6.45) is 0.699. The zero-order valence-electron chi connectivity index (χ0n) is 15.1. The Labute approximate surface area is 156 Å². The van der Waals surface area contributed by atoms with Gasteiger partial charge in [-0.2, -0.15) is 0 Å². The number of ether oxygens (including phenoxy) is 1. The number of para-hydroxylation sites is 3. The zero-order valence-corrected chi connectivity index (χ0v) is 15.9. The highest BCUT2D eigenvalue weighted by Crippen LogP contribution is 2.30. The molecule has 1 amide bonds. The van der Waals surface area contributed by atoms with Crippen molar-refractivity contribution in [3.05, 3.63) is 54.1 Å². The van der Waals surface area contributed by atoms with E-state index >= 15 is 0 Å². The summed E-state index contributed by atoms with van der Waals surface area (Å²) in [6, 6.07) is 9.43. The molecule has 27 heavy (non-hydrogen) atoms. The second kappa shape index (κ2) is 8.34. The molecule has 9 heteroatoms. The lowest BCUT2D eigenvalue weighted by atomic mass is 10.2. The van der Waals surface area contributed by atoms with E-state index in [1.54, 1.807) is 32.0 Å². The first-order valence-electron chi connectivity index (χ1n) is 8.07. The van der Waals surface area contributed by atoms with Gasteiger partial charge in [0.2, 0.25) is 15.9 Å². The van der Waals surface area contributed by atoms with Crippen LogP contribution in [0.2, 0.25) is 0 Å². The third kappa shape index (κ3) is 5.40. The van der Waals surface area contributed by atoms with E-state index in [9.17, 15) is 22.0 Å². The van der Waals surface area contributed by atoms with E-state index in [0.717, 1.165) is 28.8 Å². The van der Waals surface area contributed by atoms with Crippen LogP contribution in [0.5, 0.6) is 5.75 Å². The lowest BCUT2D eigenvalue weighted by Crippen LogP contribution is -2.38. The van der Waals surface area contributed by atoms with Crippen LogP contribution in [-0.2, 0) is 14.8 Å². The number of nitrogens with zero attached hydrogens (tertiary/aromatic N) is 1. The predicted octanol–water partition coefficient (Wildman–Crippen LogP) is 3.16. The van der Waals surface area contributed by atoms with Crippen molar-refractivity contribution >= 4 is 27.3 Å². The first kappa shape index (κ1) is 20.6. The summed E-state index contributed by atoms with van der Waals surface area (Å²) in [5.74, 6) is -2.55. The number of halogens is 2. The number of nitrogens with one attached hydrogen (secondary N) is 1. The maximum Gasteiger partial charge on any atom is 0.245 e. The van der Waals surface area contributed by atoms with Gasteiger partial charge in [0.15, 0.2) is 0 Å². The fourth-order valence-electron chi connectivity index (χ4n) is 2.32. The fourth-order valence-corrected chi connectivity index (χ4v) is 3.18. The molecule has 146 valence electrons. The lowest BCUT2D eigenvalue weighted by Gasteiger charge is -2.25. The predicted molar refractivity (Wildman–Crippen MR) is 99.4 cm³/mol. The summed E-state index contributed by atoms with van der Waals surface area (Å²) in [7, 11) is -3.88. The van der Waals surface area contributed by atoms with Crippen molar-refractivity contribution in [2.75, 3.05) is 22.4 Å². The quantitative estimate of drug-likeness (QED) is 0.777. The SMILES string of the molecule is CC(C)Oc1ccccc1N(CC(=O)Nc1c(F)cccc1F)S(C)(=O)=O. The molecule has 0 bridgehead atoms. The number of carbonyl (C=O) groups is 1. The van der Waals surface area contributed by atoms with Crippen molar-refractivity contribution < 1.29 is 26.7 Å². The van der Waals surface area contributed by atoms with E-state index in [4.69, 9.17) is 4.74 Å². The zero-order chi connectivity index (χ0) is 20.2. The van der Waals surface area contributed by atoms with Crippen LogP contribution in [0.1, 0.15) is 13.8 Å². The molecule has 0 saturated carbocycles. The Morgan fingerprint density at radius 2 is 1.70 bits per heavy atom. The molecule has 0 aliphatic rings. The summed E-state index contributed by atoms with van der Waals surface area (Å²) in [5.41, 5.74) is -0.486. The molecule has 2 aromatic carbocycles. The highest BCUT2D eigenvalue weighted by Gasteiger charge is 2.25. The minimum Gasteiger partial charge on any atom is -0.489 e. The van der Waals surface area contributed by atoms with Crippen molar-refractivity contribution in [3.8, 4) is 5.75 Å². The number of benzene rings is 2. The third-order valence-electron chi connectivity index (χ3n) is 3.41. The Kier molecular flexibility index (Phi) is 6.37. The van der Waals surface area contributed by atoms with Gasteiger partial charge in [-0.15, -0.1) is 0 Å². The van der Waals surface area contributed by atoms with Crippen LogP contribution in [0.3, 0.4) is 0 Å². The van der Waals surface area contributed by atoms with Crippen LogP contribution < -0.4 is 14.4 Å². The van der Waals surface area contributed by atoms with E-state index in [1.165, 1.54) is 6.07 Å². The first-order valence-corrected chi connectivity index (χ1v) is 9.91. The topological polar surface area (TPSA) is 75.7 Å². The molecular formula is C18H20F2N2O4S. The molecule has 0 spiro atoms. The van der Waals surface area contributed by atoms with Gasteiger partial charge in [0.25, 0.3) is 0 Å². The Bertz CT molecular complexity index is 912. The molecule has 0 atom stereocenters. The van der Waals surface area contributed by atoms with Crippen LogP contribution in [0.25, 0.3) is 0 Å². The van der Waals surface area contributed by atoms with Crippen molar-refractivity contribution in [1.29, 1.82) is 0 Å². The first-order chi connectivity index (χ1) is 12.6. The molecule has 0 fully saturated rings. The second-order valence-electron chi connectivity index (χ2n) is 6.05. The summed E-state index contributed by atoms with van der Waals surface area (Å²) in [5, 5.41) is 2.08. The maximum absolute atomic E-state index is 13.7. The molecule has 1 N–H and O–H groups in total. The summed E-state index contributed by atoms with van der Waals surface area (Å²) in [6.45, 7) is 2.87. The largest absolute Gasteiger partial charge is 0.489 e. The summed E-state index contributed by atoms with van der Waals surface area (Å²) < 4.78 is 58.3. The van der Waals surface area contributed by atoms with Gasteiger partial charge < -0.3 is 10.1 Å². The van der Waals surface area contributed by atoms with E-state index in [-0.39, 0.29) is 17.5 Å². The van der Waals surface area contributed by atoms with Gasteiger partial charge in [0.05, 0.1) is 18.0 Å². The number of carbonyl (C=O) groups excluding carboxylic acids is 1. The average molecular weight is 398 g/mol. The van der Waals surface area contributed by atoms with Crippen LogP contribution in [-0.4, -0.2) is 33.2 Å². The van der Waals surface area contributed by atoms with E-state index in [2.05, 4.69) is 5.32 Å². The molecule has 6 nitrogen and oxygen atoms in total. The molecule has 2 aromatic rings. The molecule has 0 saturated heterocycles. The van der Waals surface area contributed by atoms with E-state index in [0.29, 0.717) is 0 Å². The van der Waals surface area contributed by atoms with Gasteiger partial charge in [-0.3, -0.25) is 9.10 Å². The van der Waals surface area contributed by atoms with Gasteiger partial charge in [-0.25, -0.2) is 17.2 Å². The van der Waals surface area contributed by atoms with Gasteiger partial charge >= 0.3 is 0 Å². The lowest BCUT2D eigenvalue weighted by molar-refractivity contribution is -0.114. The van der Waals surface area contributed by atoms with Gasteiger partial charge in [0, 0.05) is 0 Å². The van der Waals surface area contributed by atoms with E-state index < -0.39 is 39.8 Å². The molecule has 0 radical (unpaired) electrons. The molecule has 0 aliphatic carbocycles. The van der Waals surface area contributed by atoms with Crippen molar-refractivity contribution in [1.82, 2.24) is 0 Å². The molecule has 0 heterocycles. The number of rotatable bonds is 7. The fraction of sp³-hybridized carbons (Fsp3) is 0.278. The Morgan fingerprint density at radius 3 is 2.26 bits per heavy atom. The normalized spacial score (nSPS) is 11.3. The smallest absolute Gasteiger partial charge is 0.245 e. The Balaban J connectivity index is 2.33. The average Bonchev–Trinajstić information content (AvgIpc) is 2.55. The van der Waals surface area contributed by atoms with Gasteiger partial charge in [0.1, 0.15) is 29.6 Å². The van der Waals surface area contributed by atoms with Crippen molar-refractivity contribution in [2.45, 2.75) is 20.0 Å². The van der Waals surface area contributed by atoms with Gasteiger partial charge in [-0.05, 0) is 38.1 Å². The van der Waals surface area contributed by atoms with E-state index in [1.807, 2.05) is 0 Å². The van der Waals surface area contributed by atoms with Crippen molar-refractivity contribution in [3.63, 3.8) is 0 Å². The maximum atomic E-state index is 13.7. The number of hydrogen-bond acceptors (Lipinski definition) is 4. The Morgan fingerprint density at radius 1 is 1.11 bits per heavy atom. The number of amides is 1. The van der Waals surface area contributed by atoms with Crippen molar-refractivity contribution in [2.24, 2.45) is 0 Å². The minimum atomic E-state index is -3.88. The summed E-state index contributed by atoms with van der Waals surface area (Å²) >= 11 is 0. The van der Waals surface area contributed by atoms with Gasteiger partial charge in [-0.1, -0.05) is 18.2 Å². The monoisotopic (exact) mass is 398 g/mol. The van der Waals surface area contributed by atoms with Crippen LogP contribution in [0, 0.1) is 11.6 Å². The summed E-state index contributed by atoms with van der Waals surface area (Å²) in [4.78, 5) is 12.3. The second-order valence-corrected chi connectivity index (χ2v) is 7.96. The highest BCUT2D eigenvalue weighted by atomic mass is 32.2. The molecule has 0 unspecified atom stereocenters. The third-order valence-corrected chi connectivity index (χ3v) is 4.54. The number of hydrogen-bond donors (Lipinski definition) is 1. The van der Waals surface area contributed by atoms with Crippen LogP contribution in [0.15, 0.2) is 42.5 Å². The minimum absolute atomic E-state index is 0.151. The van der Waals surface area contributed by atoms with Crippen LogP contribution >= 0.6 is 0 Å². The number of sulfonamides is 1. The molecular weight excluding hydrogens is 378 g/mol. The Hall–Kier alpha value is -2.68. The molecule has 2 rings (SSSR count). The number of anilines is 2. The highest BCUT2D eigenvalue weighted by molar-refractivity contribution is 7.92. The molecule has 0 aromatic heterocycles.